The first kappa shape index (κ1) is 13.0. The highest BCUT2D eigenvalue weighted by molar-refractivity contribution is 6.36. The number of benzene rings is 1. The molecule has 0 aliphatic carbocycles. The predicted molar refractivity (Wildman–Crippen MR) is 74.9 cm³/mol. The van der Waals surface area contributed by atoms with Gasteiger partial charge >= 0.3 is 0 Å². The third-order valence-electron chi connectivity index (χ3n) is 3.31. The number of hydrogen-bond donors (Lipinski definition) is 0. The maximum Gasteiger partial charge on any atom is 0.0997 e. The van der Waals surface area contributed by atoms with E-state index in [0.717, 1.165) is 41.7 Å². The van der Waals surface area contributed by atoms with Crippen LogP contribution in [0, 0.1) is 0 Å². The number of amidine groups is 1. The number of aliphatic imine (C=N–C) groups is 1. The maximum absolute atomic E-state index is 6.22. The number of rotatable bonds is 1. The Bertz CT molecular complexity index is 439. The summed E-state index contributed by atoms with van der Waals surface area (Å²) in [7, 11) is 0. The summed E-state index contributed by atoms with van der Waals surface area (Å²) >= 11 is 12.4. The van der Waals surface area contributed by atoms with Gasteiger partial charge in [-0.3, -0.25) is 4.99 Å². The van der Waals surface area contributed by atoms with Gasteiger partial charge in [0.15, 0.2) is 0 Å². The molecular formula is C12H13Cl3N2. The van der Waals surface area contributed by atoms with Gasteiger partial charge in [0.25, 0.3) is 0 Å². The van der Waals surface area contributed by atoms with Crippen LogP contribution in [-0.2, 0) is 0 Å². The average molecular weight is 292 g/mol. The predicted octanol–water partition coefficient (Wildman–Crippen LogP) is 3.62. The van der Waals surface area contributed by atoms with Crippen molar-refractivity contribution >= 4 is 41.4 Å². The summed E-state index contributed by atoms with van der Waals surface area (Å²) in [6, 6.07) is 5.71. The molecule has 2 heterocycles. The lowest BCUT2D eigenvalue weighted by Crippen LogP contribution is -2.21. The minimum atomic E-state index is 0. The van der Waals surface area contributed by atoms with Crippen molar-refractivity contribution in [2.45, 2.75) is 12.3 Å². The minimum Gasteiger partial charge on any atom is -0.358 e. The Kier molecular flexibility index (Phi) is 3.86. The molecule has 1 saturated heterocycles. The quantitative estimate of drug-likeness (QED) is 0.771. The molecule has 0 saturated carbocycles. The Morgan fingerprint density at radius 3 is 2.59 bits per heavy atom. The van der Waals surface area contributed by atoms with Crippen molar-refractivity contribution in [2.24, 2.45) is 4.99 Å². The zero-order chi connectivity index (χ0) is 11.1. The van der Waals surface area contributed by atoms with Crippen LogP contribution >= 0.6 is 35.6 Å². The third kappa shape index (κ3) is 2.26. The second-order valence-electron chi connectivity index (χ2n) is 4.28. The van der Waals surface area contributed by atoms with Gasteiger partial charge in [-0.2, -0.15) is 0 Å². The fourth-order valence-corrected chi connectivity index (χ4v) is 3.27. The van der Waals surface area contributed by atoms with E-state index in [9.17, 15) is 0 Å². The van der Waals surface area contributed by atoms with E-state index in [-0.39, 0.29) is 12.4 Å². The van der Waals surface area contributed by atoms with Crippen LogP contribution in [-0.4, -0.2) is 30.4 Å². The van der Waals surface area contributed by atoms with E-state index >= 15 is 0 Å². The standard InChI is InChI=1S/C12H12Cl2N2.ClH/c13-9-2-1-3-10(14)12(9)8-6-11-15-4-5-16(11)7-8;/h1-3,8H,4-7H2;1H. The van der Waals surface area contributed by atoms with Crippen LogP contribution in [0.25, 0.3) is 0 Å². The van der Waals surface area contributed by atoms with Gasteiger partial charge in [0.2, 0.25) is 0 Å². The van der Waals surface area contributed by atoms with Gasteiger partial charge in [0.05, 0.1) is 12.4 Å². The van der Waals surface area contributed by atoms with Crippen molar-refractivity contribution in [1.82, 2.24) is 4.90 Å². The molecule has 2 aliphatic heterocycles. The molecule has 2 nitrogen and oxygen atoms in total. The Morgan fingerprint density at radius 2 is 1.94 bits per heavy atom. The second-order valence-corrected chi connectivity index (χ2v) is 5.09. The first-order chi connectivity index (χ1) is 7.75. The number of halogens is 3. The largest absolute Gasteiger partial charge is 0.358 e. The summed E-state index contributed by atoms with van der Waals surface area (Å²) in [5.41, 5.74) is 1.09. The lowest BCUT2D eigenvalue weighted by atomic mass is 9.98. The van der Waals surface area contributed by atoms with Crippen LogP contribution in [0.1, 0.15) is 17.9 Å². The molecule has 0 spiro atoms. The van der Waals surface area contributed by atoms with Gasteiger partial charge < -0.3 is 4.90 Å². The topological polar surface area (TPSA) is 15.6 Å². The van der Waals surface area contributed by atoms with Crippen molar-refractivity contribution in [1.29, 1.82) is 0 Å². The van der Waals surface area contributed by atoms with Gasteiger partial charge in [0, 0.05) is 35.5 Å². The SMILES string of the molecule is Cl.Clc1cccc(Cl)c1C1CC2=NCCN2C1. The van der Waals surface area contributed by atoms with Gasteiger partial charge in [0.1, 0.15) is 0 Å². The number of fused-ring (bicyclic) bond motifs is 1. The normalized spacial score (nSPS) is 22.1. The molecule has 0 N–H and O–H groups in total. The summed E-state index contributed by atoms with van der Waals surface area (Å²) in [5, 5.41) is 1.55. The molecule has 5 heteroatoms. The van der Waals surface area contributed by atoms with Gasteiger partial charge in [-0.1, -0.05) is 29.3 Å². The zero-order valence-corrected chi connectivity index (χ0v) is 11.5. The molecule has 1 unspecified atom stereocenters. The van der Waals surface area contributed by atoms with Crippen LogP contribution in [0.2, 0.25) is 10.0 Å². The van der Waals surface area contributed by atoms with Crippen molar-refractivity contribution in [3.05, 3.63) is 33.8 Å². The lowest BCUT2D eigenvalue weighted by Gasteiger charge is -2.15. The van der Waals surface area contributed by atoms with E-state index in [1.54, 1.807) is 0 Å². The van der Waals surface area contributed by atoms with E-state index in [1.165, 1.54) is 5.84 Å². The van der Waals surface area contributed by atoms with E-state index in [4.69, 9.17) is 23.2 Å². The van der Waals surface area contributed by atoms with Crippen molar-refractivity contribution in [3.8, 4) is 0 Å². The maximum atomic E-state index is 6.22. The van der Waals surface area contributed by atoms with Crippen LogP contribution in [0.3, 0.4) is 0 Å². The molecule has 1 aromatic rings. The molecule has 0 radical (unpaired) electrons. The molecule has 1 atom stereocenters. The highest BCUT2D eigenvalue weighted by Gasteiger charge is 2.33. The van der Waals surface area contributed by atoms with Crippen LogP contribution in [0.4, 0.5) is 0 Å². The van der Waals surface area contributed by atoms with Gasteiger partial charge in [-0.15, -0.1) is 12.4 Å². The molecule has 0 bridgehead atoms. The summed E-state index contributed by atoms with van der Waals surface area (Å²) < 4.78 is 0. The lowest BCUT2D eigenvalue weighted by molar-refractivity contribution is 0.469. The van der Waals surface area contributed by atoms with Crippen molar-refractivity contribution in [3.63, 3.8) is 0 Å². The van der Waals surface area contributed by atoms with E-state index in [0.29, 0.717) is 5.92 Å². The van der Waals surface area contributed by atoms with E-state index < -0.39 is 0 Å². The monoisotopic (exact) mass is 290 g/mol. The molecule has 0 amide bonds. The second kappa shape index (κ2) is 5.05. The number of hydrogen-bond acceptors (Lipinski definition) is 2. The molecule has 0 aromatic heterocycles. The highest BCUT2D eigenvalue weighted by Crippen LogP contribution is 2.38. The highest BCUT2D eigenvalue weighted by atomic mass is 35.5. The van der Waals surface area contributed by atoms with Crippen molar-refractivity contribution < 1.29 is 0 Å². The molecule has 3 rings (SSSR count). The molecular weight excluding hydrogens is 279 g/mol. The Morgan fingerprint density at radius 1 is 1.24 bits per heavy atom. The Balaban J connectivity index is 0.00000108. The number of nitrogens with zero attached hydrogens (tertiary/aromatic N) is 2. The van der Waals surface area contributed by atoms with Crippen LogP contribution in [0.5, 0.6) is 0 Å². The summed E-state index contributed by atoms with van der Waals surface area (Å²) in [6.07, 6.45) is 0.976. The molecule has 1 fully saturated rings. The van der Waals surface area contributed by atoms with Crippen LogP contribution < -0.4 is 0 Å². The van der Waals surface area contributed by atoms with Crippen LogP contribution in [0.15, 0.2) is 23.2 Å². The van der Waals surface area contributed by atoms with E-state index in [1.807, 2.05) is 18.2 Å². The molecule has 92 valence electrons. The smallest absolute Gasteiger partial charge is 0.0997 e. The fourth-order valence-electron chi connectivity index (χ4n) is 2.56. The first-order valence-electron chi connectivity index (χ1n) is 5.48. The summed E-state index contributed by atoms with van der Waals surface area (Å²) in [6.45, 7) is 2.99. The van der Waals surface area contributed by atoms with E-state index in [2.05, 4.69) is 9.89 Å². The molecule has 2 aliphatic rings. The van der Waals surface area contributed by atoms with Crippen molar-refractivity contribution in [2.75, 3.05) is 19.6 Å². The third-order valence-corrected chi connectivity index (χ3v) is 3.97. The minimum absolute atomic E-state index is 0. The molecule has 1 aromatic carbocycles. The molecule has 17 heavy (non-hydrogen) atoms. The summed E-state index contributed by atoms with van der Waals surface area (Å²) in [4.78, 5) is 6.83. The van der Waals surface area contributed by atoms with Gasteiger partial charge in [-0.05, 0) is 17.7 Å². The Labute approximate surface area is 117 Å². The zero-order valence-electron chi connectivity index (χ0n) is 9.20. The average Bonchev–Trinajstić information content (AvgIpc) is 2.77. The summed E-state index contributed by atoms with van der Waals surface area (Å²) in [5.74, 6) is 1.63. The first-order valence-corrected chi connectivity index (χ1v) is 6.23. The fraction of sp³-hybridized carbons (Fsp3) is 0.417. The Hall–Kier alpha value is -0.440. The van der Waals surface area contributed by atoms with Gasteiger partial charge in [-0.25, -0.2) is 0 Å².